The summed E-state index contributed by atoms with van der Waals surface area (Å²) in [6.07, 6.45) is 3.30. The van der Waals surface area contributed by atoms with Crippen LogP contribution < -0.4 is 0 Å². The quantitative estimate of drug-likeness (QED) is 0.481. The molecule has 1 aromatic heterocycles. The van der Waals surface area contributed by atoms with Gasteiger partial charge in [-0.25, -0.2) is 0 Å². The Morgan fingerprint density at radius 1 is 0.958 bits per heavy atom. The maximum atomic E-state index is 6.50. The average molecular weight is 356 g/mol. The number of hydrogen-bond donors (Lipinski definition) is 0. The van der Waals surface area contributed by atoms with Gasteiger partial charge in [-0.2, -0.15) is 0 Å². The highest BCUT2D eigenvalue weighted by Gasteiger charge is 2.33. The van der Waals surface area contributed by atoms with Crippen molar-refractivity contribution in [2.75, 3.05) is 0 Å². The number of rotatable bonds is 2. The fourth-order valence-corrected chi connectivity index (χ4v) is 4.13. The van der Waals surface area contributed by atoms with E-state index in [-0.39, 0.29) is 5.41 Å². The molecule has 0 amide bonds. The molecular formula is C21H19Cl2N. The molecule has 2 aromatic carbocycles. The van der Waals surface area contributed by atoms with Crippen molar-refractivity contribution < 1.29 is 0 Å². The van der Waals surface area contributed by atoms with Gasteiger partial charge in [-0.1, -0.05) is 67.4 Å². The van der Waals surface area contributed by atoms with Gasteiger partial charge in [0.2, 0.25) is 0 Å². The Bertz CT molecular complexity index is 907. The first-order chi connectivity index (χ1) is 11.4. The Morgan fingerprint density at radius 2 is 1.71 bits per heavy atom. The molecule has 24 heavy (non-hydrogen) atoms. The number of halogens is 2. The standard InChI is InChI=1S/C21H19Cl2N/c1-21(2)11-19-20(14-6-4-3-5-7-14)17(12-24(19)13-21)16-10-15(22)8-9-18(16)23/h3-10,12H,11,13H2,1-2H3. The molecule has 0 saturated carbocycles. The summed E-state index contributed by atoms with van der Waals surface area (Å²) in [5.74, 6) is 0. The van der Waals surface area contributed by atoms with Crippen LogP contribution in [0.1, 0.15) is 19.5 Å². The highest BCUT2D eigenvalue weighted by Crippen LogP contribution is 2.45. The van der Waals surface area contributed by atoms with Crippen molar-refractivity contribution in [3.63, 3.8) is 0 Å². The summed E-state index contributed by atoms with van der Waals surface area (Å²) in [7, 11) is 0. The molecule has 3 aromatic rings. The predicted molar refractivity (Wildman–Crippen MR) is 103 cm³/mol. The van der Waals surface area contributed by atoms with Crippen LogP contribution in [0.25, 0.3) is 22.3 Å². The van der Waals surface area contributed by atoms with E-state index in [1.807, 2.05) is 18.2 Å². The molecular weight excluding hydrogens is 337 g/mol. The van der Waals surface area contributed by atoms with Gasteiger partial charge in [-0.15, -0.1) is 0 Å². The van der Waals surface area contributed by atoms with E-state index in [0.717, 1.165) is 23.6 Å². The zero-order valence-electron chi connectivity index (χ0n) is 13.8. The van der Waals surface area contributed by atoms with Crippen LogP contribution in [-0.2, 0) is 13.0 Å². The second-order valence-corrected chi connectivity index (χ2v) is 8.17. The molecule has 0 aliphatic carbocycles. The van der Waals surface area contributed by atoms with Crippen LogP contribution in [-0.4, -0.2) is 4.57 Å². The molecule has 3 heteroatoms. The number of fused-ring (bicyclic) bond motifs is 1. The third-order valence-electron chi connectivity index (χ3n) is 4.71. The Balaban J connectivity index is 1.98. The number of aromatic nitrogens is 1. The first kappa shape index (κ1) is 15.8. The summed E-state index contributed by atoms with van der Waals surface area (Å²) in [4.78, 5) is 0. The summed E-state index contributed by atoms with van der Waals surface area (Å²) in [6.45, 7) is 5.67. The van der Waals surface area contributed by atoms with Crippen LogP contribution in [0, 0.1) is 5.41 Å². The van der Waals surface area contributed by atoms with Gasteiger partial charge in [0.25, 0.3) is 0 Å². The van der Waals surface area contributed by atoms with Gasteiger partial charge in [-0.05, 0) is 35.6 Å². The van der Waals surface area contributed by atoms with Crippen molar-refractivity contribution in [3.8, 4) is 22.3 Å². The van der Waals surface area contributed by atoms with E-state index in [0.29, 0.717) is 5.02 Å². The summed E-state index contributed by atoms with van der Waals surface area (Å²) in [6, 6.07) is 16.2. The van der Waals surface area contributed by atoms with Crippen molar-refractivity contribution in [3.05, 3.63) is 70.5 Å². The van der Waals surface area contributed by atoms with E-state index in [1.165, 1.54) is 22.4 Å². The summed E-state index contributed by atoms with van der Waals surface area (Å²) in [5, 5.41) is 1.44. The average Bonchev–Trinajstić information content (AvgIpc) is 3.02. The van der Waals surface area contributed by atoms with Crippen LogP contribution >= 0.6 is 23.2 Å². The summed E-state index contributed by atoms with van der Waals surface area (Å²) < 4.78 is 2.38. The zero-order valence-corrected chi connectivity index (χ0v) is 15.3. The normalized spacial score (nSPS) is 15.5. The van der Waals surface area contributed by atoms with E-state index < -0.39 is 0 Å². The Kier molecular flexibility index (Phi) is 3.74. The molecule has 122 valence electrons. The molecule has 0 spiro atoms. The minimum absolute atomic E-state index is 0.287. The van der Waals surface area contributed by atoms with E-state index in [9.17, 15) is 0 Å². The first-order valence-corrected chi connectivity index (χ1v) is 8.93. The highest BCUT2D eigenvalue weighted by molar-refractivity contribution is 6.35. The fourth-order valence-electron chi connectivity index (χ4n) is 3.73. The van der Waals surface area contributed by atoms with Gasteiger partial charge in [0.1, 0.15) is 0 Å². The Hall–Kier alpha value is -1.70. The SMILES string of the molecule is CC1(C)Cc2c(-c3ccccc3)c(-c3cc(Cl)ccc3Cl)cn2C1. The molecule has 0 fully saturated rings. The van der Waals surface area contributed by atoms with Crippen molar-refractivity contribution in [1.29, 1.82) is 0 Å². The molecule has 1 nitrogen and oxygen atoms in total. The molecule has 0 radical (unpaired) electrons. The topological polar surface area (TPSA) is 4.93 Å². The maximum absolute atomic E-state index is 6.50. The molecule has 0 bridgehead atoms. The maximum Gasteiger partial charge on any atom is 0.0486 e. The lowest BCUT2D eigenvalue weighted by atomic mass is 9.87. The highest BCUT2D eigenvalue weighted by atomic mass is 35.5. The lowest BCUT2D eigenvalue weighted by Crippen LogP contribution is -2.12. The first-order valence-electron chi connectivity index (χ1n) is 8.17. The van der Waals surface area contributed by atoms with Gasteiger partial charge in [0.15, 0.2) is 0 Å². The van der Waals surface area contributed by atoms with Gasteiger partial charge >= 0.3 is 0 Å². The minimum Gasteiger partial charge on any atom is -0.350 e. The molecule has 1 aliphatic rings. The lowest BCUT2D eigenvalue weighted by molar-refractivity contribution is 0.359. The largest absolute Gasteiger partial charge is 0.350 e. The van der Waals surface area contributed by atoms with Gasteiger partial charge in [0.05, 0.1) is 0 Å². The lowest BCUT2D eigenvalue weighted by Gasteiger charge is -2.16. The zero-order chi connectivity index (χ0) is 16.9. The van der Waals surface area contributed by atoms with E-state index in [1.54, 1.807) is 0 Å². The van der Waals surface area contributed by atoms with Crippen LogP contribution in [0.3, 0.4) is 0 Å². The van der Waals surface area contributed by atoms with Crippen LogP contribution in [0.4, 0.5) is 0 Å². The second-order valence-electron chi connectivity index (χ2n) is 7.32. The molecule has 2 heterocycles. The van der Waals surface area contributed by atoms with E-state index >= 15 is 0 Å². The molecule has 0 unspecified atom stereocenters. The fraction of sp³-hybridized carbons (Fsp3) is 0.238. The van der Waals surface area contributed by atoms with Gasteiger partial charge in [-0.3, -0.25) is 0 Å². The number of nitrogens with zero attached hydrogens (tertiary/aromatic N) is 1. The van der Waals surface area contributed by atoms with Crippen molar-refractivity contribution in [2.24, 2.45) is 5.41 Å². The monoisotopic (exact) mass is 355 g/mol. The van der Waals surface area contributed by atoms with Crippen LogP contribution in [0.15, 0.2) is 54.7 Å². The van der Waals surface area contributed by atoms with E-state index in [2.05, 4.69) is 54.9 Å². The number of hydrogen-bond acceptors (Lipinski definition) is 0. The summed E-state index contributed by atoms with van der Waals surface area (Å²) >= 11 is 12.7. The molecule has 0 saturated heterocycles. The Labute approximate surface area is 152 Å². The van der Waals surface area contributed by atoms with Crippen LogP contribution in [0.2, 0.25) is 10.0 Å². The van der Waals surface area contributed by atoms with Crippen LogP contribution in [0.5, 0.6) is 0 Å². The Morgan fingerprint density at radius 3 is 2.46 bits per heavy atom. The third-order valence-corrected chi connectivity index (χ3v) is 5.28. The number of benzene rings is 2. The van der Waals surface area contributed by atoms with Gasteiger partial charge < -0.3 is 4.57 Å². The molecule has 4 rings (SSSR count). The molecule has 1 aliphatic heterocycles. The smallest absolute Gasteiger partial charge is 0.0486 e. The van der Waals surface area contributed by atoms with Crippen molar-refractivity contribution in [1.82, 2.24) is 4.57 Å². The van der Waals surface area contributed by atoms with E-state index in [4.69, 9.17) is 23.2 Å². The second kappa shape index (κ2) is 5.68. The molecule has 0 N–H and O–H groups in total. The van der Waals surface area contributed by atoms with Crippen molar-refractivity contribution >= 4 is 23.2 Å². The molecule has 0 atom stereocenters. The van der Waals surface area contributed by atoms with Gasteiger partial charge in [0, 0.05) is 45.2 Å². The minimum atomic E-state index is 0.287. The van der Waals surface area contributed by atoms with Crippen molar-refractivity contribution in [2.45, 2.75) is 26.8 Å². The predicted octanol–water partition coefficient (Wildman–Crippen LogP) is 6.71. The third kappa shape index (κ3) is 2.66. The summed E-state index contributed by atoms with van der Waals surface area (Å²) in [5.41, 5.74) is 6.36.